The Morgan fingerprint density at radius 1 is 1.71 bits per heavy atom. The molecule has 0 aliphatic rings. The molecular formula is C9H10BrNO3. The summed E-state index contributed by atoms with van der Waals surface area (Å²) >= 11 is 3.08. The molecule has 1 unspecified atom stereocenters. The highest BCUT2D eigenvalue weighted by Gasteiger charge is 2.11. The number of carbonyl (C=O) groups is 1. The summed E-state index contributed by atoms with van der Waals surface area (Å²) in [5.41, 5.74) is 0.586. The number of aromatic nitrogens is 1. The van der Waals surface area contributed by atoms with E-state index in [-0.39, 0.29) is 5.56 Å². The first-order valence-corrected chi connectivity index (χ1v) is 4.90. The molecule has 0 saturated carbocycles. The number of aliphatic carboxylic acids is 1. The van der Waals surface area contributed by atoms with Crippen molar-refractivity contribution in [3.8, 4) is 0 Å². The average Bonchev–Trinajstić information content (AvgIpc) is 2.11. The topological polar surface area (TPSA) is 70.2 Å². The zero-order chi connectivity index (χ0) is 10.7. The maximum absolute atomic E-state index is 11.0. The predicted octanol–water partition coefficient (Wildman–Crippen LogP) is 1.40. The second-order valence-corrected chi connectivity index (χ2v) is 3.98. The SMILES string of the molecule is CC(Cc1c[nH]c(=O)c(Br)c1)C(=O)O. The van der Waals surface area contributed by atoms with Crippen LogP contribution in [0.2, 0.25) is 0 Å². The summed E-state index contributed by atoms with van der Waals surface area (Å²) in [6, 6.07) is 1.64. The van der Waals surface area contributed by atoms with E-state index in [0.717, 1.165) is 5.56 Å². The summed E-state index contributed by atoms with van der Waals surface area (Å²) in [5.74, 6) is -1.29. The summed E-state index contributed by atoms with van der Waals surface area (Å²) in [5, 5.41) is 8.68. The molecule has 1 heterocycles. The number of nitrogens with one attached hydrogen (secondary N) is 1. The monoisotopic (exact) mass is 259 g/mol. The number of rotatable bonds is 3. The number of carboxylic acid groups (broad SMARTS) is 1. The van der Waals surface area contributed by atoms with Gasteiger partial charge in [-0.05, 0) is 34.0 Å². The molecule has 0 amide bonds. The first kappa shape index (κ1) is 11.0. The van der Waals surface area contributed by atoms with Crippen LogP contribution >= 0.6 is 15.9 Å². The van der Waals surface area contributed by atoms with Gasteiger partial charge in [-0.1, -0.05) is 6.92 Å². The second kappa shape index (κ2) is 4.41. The van der Waals surface area contributed by atoms with Crippen molar-refractivity contribution in [2.75, 3.05) is 0 Å². The summed E-state index contributed by atoms with van der Waals surface area (Å²) in [4.78, 5) is 24.1. The molecule has 1 aromatic heterocycles. The molecule has 14 heavy (non-hydrogen) atoms. The van der Waals surface area contributed by atoms with Gasteiger partial charge >= 0.3 is 5.97 Å². The van der Waals surface area contributed by atoms with Gasteiger partial charge in [-0.15, -0.1) is 0 Å². The molecule has 1 aromatic rings. The summed E-state index contributed by atoms with van der Waals surface area (Å²) in [6.07, 6.45) is 1.94. The number of hydrogen-bond donors (Lipinski definition) is 2. The van der Waals surface area contributed by atoms with E-state index in [1.54, 1.807) is 13.0 Å². The molecule has 5 heteroatoms. The molecule has 0 spiro atoms. The van der Waals surface area contributed by atoms with E-state index in [0.29, 0.717) is 10.9 Å². The second-order valence-electron chi connectivity index (χ2n) is 3.13. The van der Waals surface area contributed by atoms with Gasteiger partial charge in [0, 0.05) is 6.20 Å². The van der Waals surface area contributed by atoms with Crippen LogP contribution in [-0.2, 0) is 11.2 Å². The number of carboxylic acids is 1. The molecule has 0 bridgehead atoms. The number of aromatic amines is 1. The lowest BCUT2D eigenvalue weighted by atomic mass is 10.0. The molecule has 2 N–H and O–H groups in total. The normalized spacial score (nSPS) is 12.4. The minimum atomic E-state index is -0.840. The van der Waals surface area contributed by atoms with E-state index in [4.69, 9.17) is 5.11 Å². The average molecular weight is 260 g/mol. The Labute approximate surface area is 89.1 Å². The quantitative estimate of drug-likeness (QED) is 0.862. The Morgan fingerprint density at radius 3 is 2.86 bits per heavy atom. The number of halogens is 1. The third kappa shape index (κ3) is 2.70. The van der Waals surface area contributed by atoms with E-state index < -0.39 is 11.9 Å². The van der Waals surface area contributed by atoms with Gasteiger partial charge in [0.1, 0.15) is 0 Å². The summed E-state index contributed by atoms with van der Waals surface area (Å²) in [7, 11) is 0. The van der Waals surface area contributed by atoms with Gasteiger partial charge < -0.3 is 10.1 Å². The van der Waals surface area contributed by atoms with Crippen LogP contribution in [0.3, 0.4) is 0 Å². The van der Waals surface area contributed by atoms with E-state index in [1.165, 1.54) is 6.20 Å². The molecule has 0 aliphatic heterocycles. The fraction of sp³-hybridized carbons (Fsp3) is 0.333. The Balaban J connectivity index is 2.83. The van der Waals surface area contributed by atoms with Crippen LogP contribution in [0.1, 0.15) is 12.5 Å². The number of hydrogen-bond acceptors (Lipinski definition) is 2. The number of H-pyrrole nitrogens is 1. The van der Waals surface area contributed by atoms with Gasteiger partial charge in [0.05, 0.1) is 10.4 Å². The van der Waals surface area contributed by atoms with Crippen LogP contribution in [0, 0.1) is 5.92 Å². The predicted molar refractivity (Wildman–Crippen MR) is 55.3 cm³/mol. The number of pyridine rings is 1. The minimum absolute atomic E-state index is 0.211. The van der Waals surface area contributed by atoms with Gasteiger partial charge in [0.2, 0.25) is 0 Å². The van der Waals surface area contributed by atoms with Crippen molar-refractivity contribution in [3.05, 3.63) is 32.7 Å². The molecule has 76 valence electrons. The Bertz CT molecular complexity index is 399. The first-order valence-electron chi connectivity index (χ1n) is 4.10. The van der Waals surface area contributed by atoms with Crippen molar-refractivity contribution in [2.45, 2.75) is 13.3 Å². The van der Waals surface area contributed by atoms with Crippen molar-refractivity contribution in [3.63, 3.8) is 0 Å². The minimum Gasteiger partial charge on any atom is -0.481 e. The zero-order valence-corrected chi connectivity index (χ0v) is 9.17. The van der Waals surface area contributed by atoms with Crippen LogP contribution < -0.4 is 5.56 Å². The molecule has 1 atom stereocenters. The van der Waals surface area contributed by atoms with E-state index in [1.807, 2.05) is 0 Å². The van der Waals surface area contributed by atoms with Crippen molar-refractivity contribution >= 4 is 21.9 Å². The van der Waals surface area contributed by atoms with Gasteiger partial charge in [-0.3, -0.25) is 9.59 Å². The van der Waals surface area contributed by atoms with E-state index in [2.05, 4.69) is 20.9 Å². The molecule has 0 fully saturated rings. The van der Waals surface area contributed by atoms with Gasteiger partial charge in [0.15, 0.2) is 0 Å². The highest BCUT2D eigenvalue weighted by molar-refractivity contribution is 9.10. The molecule has 0 radical (unpaired) electrons. The fourth-order valence-electron chi connectivity index (χ4n) is 1.06. The van der Waals surface area contributed by atoms with Crippen LogP contribution in [-0.4, -0.2) is 16.1 Å². The molecule has 0 aromatic carbocycles. The largest absolute Gasteiger partial charge is 0.481 e. The molecule has 0 saturated heterocycles. The molecule has 0 aliphatic carbocycles. The van der Waals surface area contributed by atoms with Crippen LogP contribution in [0.5, 0.6) is 0 Å². The zero-order valence-electron chi connectivity index (χ0n) is 7.58. The lowest BCUT2D eigenvalue weighted by Gasteiger charge is -2.05. The van der Waals surface area contributed by atoms with Crippen molar-refractivity contribution < 1.29 is 9.90 Å². The van der Waals surface area contributed by atoms with E-state index in [9.17, 15) is 9.59 Å². The Hall–Kier alpha value is -1.10. The highest BCUT2D eigenvalue weighted by Crippen LogP contribution is 2.10. The maximum Gasteiger partial charge on any atom is 0.306 e. The van der Waals surface area contributed by atoms with Crippen LogP contribution in [0.4, 0.5) is 0 Å². The first-order chi connectivity index (χ1) is 6.50. The Morgan fingerprint density at radius 2 is 2.36 bits per heavy atom. The van der Waals surface area contributed by atoms with E-state index >= 15 is 0 Å². The molecule has 4 nitrogen and oxygen atoms in total. The third-order valence-electron chi connectivity index (χ3n) is 1.88. The highest BCUT2D eigenvalue weighted by atomic mass is 79.9. The maximum atomic E-state index is 11.0. The van der Waals surface area contributed by atoms with Gasteiger partial charge in [0.25, 0.3) is 5.56 Å². The standard InChI is InChI=1S/C9H10BrNO3/c1-5(9(13)14)2-6-3-7(10)8(12)11-4-6/h3-5H,2H2,1H3,(H,11,12)(H,13,14). The van der Waals surface area contributed by atoms with Gasteiger partial charge in [-0.2, -0.15) is 0 Å². The van der Waals surface area contributed by atoms with Gasteiger partial charge in [-0.25, -0.2) is 0 Å². The summed E-state index contributed by atoms with van der Waals surface area (Å²) in [6.45, 7) is 1.63. The van der Waals surface area contributed by atoms with Crippen molar-refractivity contribution in [1.29, 1.82) is 0 Å². The molecular weight excluding hydrogens is 250 g/mol. The lowest BCUT2D eigenvalue weighted by molar-refractivity contribution is -0.141. The molecule has 1 rings (SSSR count). The Kier molecular flexibility index (Phi) is 3.46. The third-order valence-corrected chi connectivity index (χ3v) is 2.47. The lowest BCUT2D eigenvalue weighted by Crippen LogP contribution is -2.14. The fourth-order valence-corrected chi connectivity index (χ4v) is 1.46. The van der Waals surface area contributed by atoms with Crippen LogP contribution in [0.15, 0.2) is 21.5 Å². The van der Waals surface area contributed by atoms with Crippen molar-refractivity contribution in [1.82, 2.24) is 4.98 Å². The van der Waals surface area contributed by atoms with Crippen LogP contribution in [0.25, 0.3) is 0 Å². The van der Waals surface area contributed by atoms with Crippen molar-refractivity contribution in [2.24, 2.45) is 5.92 Å². The summed E-state index contributed by atoms with van der Waals surface area (Å²) < 4.78 is 0.424. The smallest absolute Gasteiger partial charge is 0.306 e.